The number of aryl methyl sites for hydroxylation is 3. The minimum absolute atomic E-state index is 0.00186. The first-order valence-corrected chi connectivity index (χ1v) is 11.9. The summed E-state index contributed by atoms with van der Waals surface area (Å²) in [7, 11) is 0. The summed E-state index contributed by atoms with van der Waals surface area (Å²) in [6, 6.07) is 13.4. The molecule has 2 amide bonds. The Labute approximate surface area is 198 Å². The van der Waals surface area contributed by atoms with E-state index >= 15 is 0 Å². The van der Waals surface area contributed by atoms with Crippen LogP contribution in [0.2, 0.25) is 0 Å². The Bertz CT molecular complexity index is 1330. The van der Waals surface area contributed by atoms with E-state index < -0.39 is 0 Å². The Morgan fingerprint density at radius 2 is 1.68 bits per heavy atom. The zero-order chi connectivity index (χ0) is 24.0. The van der Waals surface area contributed by atoms with Gasteiger partial charge in [-0.1, -0.05) is 24.3 Å². The third-order valence-electron chi connectivity index (χ3n) is 7.44. The smallest absolute Gasteiger partial charge is 0.275 e. The average molecular weight is 459 g/mol. The maximum atomic E-state index is 13.0. The molecule has 2 aliphatic rings. The van der Waals surface area contributed by atoms with E-state index in [9.17, 15) is 14.4 Å². The second-order valence-electron chi connectivity index (χ2n) is 9.96. The maximum Gasteiger partial charge on any atom is 0.275 e. The lowest BCUT2D eigenvalue weighted by atomic mass is 9.90. The van der Waals surface area contributed by atoms with Gasteiger partial charge in [0.2, 0.25) is 11.8 Å². The second kappa shape index (κ2) is 8.38. The summed E-state index contributed by atoms with van der Waals surface area (Å²) in [6.45, 7) is 7.05. The van der Waals surface area contributed by atoms with Gasteiger partial charge >= 0.3 is 0 Å². The normalized spacial score (nSPS) is 18.8. The number of amides is 2. The van der Waals surface area contributed by atoms with Crippen molar-refractivity contribution in [1.82, 2.24) is 14.7 Å². The fraction of sp³-hybridized carbons (Fsp3) is 0.407. The highest BCUT2D eigenvalue weighted by Crippen LogP contribution is 2.59. The molecule has 176 valence electrons. The summed E-state index contributed by atoms with van der Waals surface area (Å²) in [5.74, 6) is -0.0267. The van der Waals surface area contributed by atoms with Gasteiger partial charge in [0, 0.05) is 30.1 Å². The Hall–Kier alpha value is -3.48. The number of piperidine rings is 1. The first-order chi connectivity index (χ1) is 16.3. The SMILES string of the molecule is Cc1cc(C)cc(NC(=O)C2CC23CCN(C(=O)Cn2nc(C)c4ccccc4c2=O)CC3)c1. The van der Waals surface area contributed by atoms with Gasteiger partial charge in [-0.3, -0.25) is 14.4 Å². The van der Waals surface area contributed by atoms with Crippen molar-refractivity contribution in [3.63, 3.8) is 0 Å². The molecule has 34 heavy (non-hydrogen) atoms. The van der Waals surface area contributed by atoms with Gasteiger partial charge < -0.3 is 10.2 Å². The van der Waals surface area contributed by atoms with Crippen molar-refractivity contribution in [2.45, 2.75) is 46.6 Å². The molecule has 1 N–H and O–H groups in total. The molecule has 2 fully saturated rings. The summed E-state index contributed by atoms with van der Waals surface area (Å²) < 4.78 is 1.28. The van der Waals surface area contributed by atoms with E-state index in [0.29, 0.717) is 18.5 Å². The predicted molar refractivity (Wildman–Crippen MR) is 132 cm³/mol. The number of rotatable bonds is 4. The number of benzene rings is 2. The highest BCUT2D eigenvalue weighted by molar-refractivity contribution is 5.95. The van der Waals surface area contributed by atoms with Crippen molar-refractivity contribution in [2.24, 2.45) is 11.3 Å². The lowest BCUT2D eigenvalue weighted by Crippen LogP contribution is -2.43. The summed E-state index contributed by atoms with van der Waals surface area (Å²) >= 11 is 0. The molecule has 0 bridgehead atoms. The largest absolute Gasteiger partial charge is 0.341 e. The molecular formula is C27H30N4O3. The molecule has 1 aliphatic heterocycles. The number of aromatic nitrogens is 2. The van der Waals surface area contributed by atoms with Gasteiger partial charge in [0.1, 0.15) is 6.54 Å². The summed E-state index contributed by atoms with van der Waals surface area (Å²) in [6.07, 6.45) is 2.49. The molecule has 1 saturated heterocycles. The number of hydrogen-bond acceptors (Lipinski definition) is 4. The van der Waals surface area contributed by atoms with Crippen LogP contribution < -0.4 is 10.9 Å². The van der Waals surface area contributed by atoms with Crippen molar-refractivity contribution in [2.75, 3.05) is 18.4 Å². The van der Waals surface area contributed by atoms with Crippen LogP contribution in [0.4, 0.5) is 5.69 Å². The zero-order valence-corrected chi connectivity index (χ0v) is 19.9. The molecule has 5 rings (SSSR count). The molecule has 1 aromatic heterocycles. The van der Waals surface area contributed by atoms with Crippen molar-refractivity contribution in [3.05, 3.63) is 69.6 Å². The molecule has 1 saturated carbocycles. The molecule has 1 atom stereocenters. The molecule has 2 heterocycles. The summed E-state index contributed by atoms with van der Waals surface area (Å²) in [4.78, 5) is 40.4. The number of anilines is 1. The number of carbonyl (C=O) groups excluding carboxylic acids is 2. The fourth-order valence-electron chi connectivity index (χ4n) is 5.49. The summed E-state index contributed by atoms with van der Waals surface area (Å²) in [5.41, 5.74) is 3.59. The minimum Gasteiger partial charge on any atom is -0.341 e. The molecule has 3 aromatic rings. The third-order valence-corrected chi connectivity index (χ3v) is 7.44. The van der Waals surface area contributed by atoms with Crippen LogP contribution in [0, 0.1) is 32.1 Å². The van der Waals surface area contributed by atoms with Gasteiger partial charge in [0.15, 0.2) is 0 Å². The third kappa shape index (κ3) is 4.11. The van der Waals surface area contributed by atoms with Crippen LogP contribution in [0.5, 0.6) is 0 Å². The van der Waals surface area contributed by atoms with Gasteiger partial charge in [0.25, 0.3) is 5.56 Å². The second-order valence-corrected chi connectivity index (χ2v) is 9.96. The average Bonchev–Trinajstić information content (AvgIpc) is 3.50. The summed E-state index contributed by atoms with van der Waals surface area (Å²) in [5, 5.41) is 8.85. The van der Waals surface area contributed by atoms with Crippen molar-refractivity contribution in [3.8, 4) is 0 Å². The van der Waals surface area contributed by atoms with E-state index in [1.54, 1.807) is 11.0 Å². The van der Waals surface area contributed by atoms with Gasteiger partial charge in [-0.05, 0) is 74.8 Å². The van der Waals surface area contributed by atoms with E-state index in [1.165, 1.54) is 4.68 Å². The molecule has 1 aliphatic carbocycles. The highest BCUT2D eigenvalue weighted by Gasteiger charge is 2.58. The lowest BCUT2D eigenvalue weighted by molar-refractivity contribution is -0.133. The number of hydrogen-bond donors (Lipinski definition) is 1. The number of nitrogens with one attached hydrogen (secondary N) is 1. The number of fused-ring (bicyclic) bond motifs is 1. The van der Waals surface area contributed by atoms with Gasteiger partial charge in [-0.15, -0.1) is 0 Å². The van der Waals surface area contributed by atoms with Crippen LogP contribution in [0.1, 0.15) is 36.1 Å². The van der Waals surface area contributed by atoms with E-state index in [2.05, 4.69) is 16.5 Å². The van der Waals surface area contributed by atoms with E-state index in [4.69, 9.17) is 0 Å². The quantitative estimate of drug-likeness (QED) is 0.648. The fourth-order valence-corrected chi connectivity index (χ4v) is 5.49. The topological polar surface area (TPSA) is 84.3 Å². The van der Waals surface area contributed by atoms with E-state index in [1.807, 2.05) is 51.1 Å². The monoisotopic (exact) mass is 458 g/mol. The molecule has 1 unspecified atom stereocenters. The van der Waals surface area contributed by atoms with Crippen LogP contribution in [0.25, 0.3) is 10.8 Å². The Morgan fingerprint density at radius 1 is 1.03 bits per heavy atom. The minimum atomic E-state index is -0.242. The van der Waals surface area contributed by atoms with Crippen LogP contribution in [0.15, 0.2) is 47.3 Å². The maximum absolute atomic E-state index is 13.0. The van der Waals surface area contributed by atoms with Crippen molar-refractivity contribution in [1.29, 1.82) is 0 Å². The van der Waals surface area contributed by atoms with Crippen LogP contribution >= 0.6 is 0 Å². The first-order valence-electron chi connectivity index (χ1n) is 11.9. The van der Waals surface area contributed by atoms with Gasteiger partial charge in [-0.25, -0.2) is 4.68 Å². The van der Waals surface area contributed by atoms with Crippen molar-refractivity contribution >= 4 is 28.3 Å². The lowest BCUT2D eigenvalue weighted by Gasteiger charge is -2.33. The molecule has 1 spiro atoms. The molecule has 7 heteroatoms. The molecule has 7 nitrogen and oxygen atoms in total. The van der Waals surface area contributed by atoms with Crippen LogP contribution in [-0.4, -0.2) is 39.6 Å². The van der Waals surface area contributed by atoms with Crippen LogP contribution in [0.3, 0.4) is 0 Å². The van der Waals surface area contributed by atoms with E-state index in [0.717, 1.165) is 47.2 Å². The van der Waals surface area contributed by atoms with Gasteiger partial charge in [0.05, 0.1) is 11.1 Å². The number of nitrogens with zero attached hydrogens (tertiary/aromatic N) is 3. The number of carbonyl (C=O) groups is 2. The first kappa shape index (κ1) is 22.3. The van der Waals surface area contributed by atoms with Crippen LogP contribution in [-0.2, 0) is 16.1 Å². The van der Waals surface area contributed by atoms with Gasteiger partial charge in [-0.2, -0.15) is 5.10 Å². The Balaban J connectivity index is 1.20. The van der Waals surface area contributed by atoms with Crippen molar-refractivity contribution < 1.29 is 9.59 Å². The highest BCUT2D eigenvalue weighted by atomic mass is 16.2. The molecule has 2 aromatic carbocycles. The standard InChI is InChI=1S/C27H30N4O3/c1-17-12-18(2)14-20(13-17)28-25(33)23-15-27(23)8-10-30(11-9-27)24(32)16-31-26(34)22-7-5-4-6-21(22)19(3)29-31/h4-7,12-14,23H,8-11,15-16H2,1-3H3,(H,28,33). The molecule has 0 radical (unpaired) electrons. The number of likely N-dealkylation sites (tertiary alicyclic amines) is 1. The Morgan fingerprint density at radius 3 is 2.35 bits per heavy atom. The molecular weight excluding hydrogens is 428 g/mol. The zero-order valence-electron chi connectivity index (χ0n) is 19.9. The Kier molecular flexibility index (Phi) is 5.50. The predicted octanol–water partition coefficient (Wildman–Crippen LogP) is 3.59. The van der Waals surface area contributed by atoms with E-state index in [-0.39, 0.29) is 35.3 Å².